The second kappa shape index (κ2) is 5.70. The van der Waals surface area contributed by atoms with Crippen molar-refractivity contribution in [2.24, 2.45) is 0 Å². The molecule has 0 amide bonds. The van der Waals surface area contributed by atoms with Gasteiger partial charge in [0.15, 0.2) is 5.78 Å². The number of phenols is 1. The van der Waals surface area contributed by atoms with E-state index in [1.165, 1.54) is 0 Å². The quantitative estimate of drug-likeness (QED) is 0.855. The number of ketones is 1. The average Bonchev–Trinajstić information content (AvgIpc) is 2.49. The summed E-state index contributed by atoms with van der Waals surface area (Å²) in [6.45, 7) is 3.61. The van der Waals surface area contributed by atoms with E-state index in [0.29, 0.717) is 23.3 Å². The minimum atomic E-state index is -0.721. The van der Waals surface area contributed by atoms with Gasteiger partial charge in [0.25, 0.3) is 0 Å². The molecule has 0 radical (unpaired) electrons. The van der Waals surface area contributed by atoms with E-state index in [9.17, 15) is 15.0 Å². The van der Waals surface area contributed by atoms with Crippen molar-refractivity contribution in [2.45, 2.75) is 38.4 Å². The number of Topliss-reactive ketones (excluding diaryl/α,β-unsaturated/α-hetero) is 1. The number of benzene rings is 2. The first-order chi connectivity index (χ1) is 10.9. The maximum atomic E-state index is 12.4. The van der Waals surface area contributed by atoms with Crippen LogP contribution in [-0.2, 0) is 12.8 Å². The van der Waals surface area contributed by atoms with E-state index < -0.39 is 11.7 Å². The van der Waals surface area contributed by atoms with Gasteiger partial charge in [-0.2, -0.15) is 0 Å². The first kappa shape index (κ1) is 15.6. The summed E-state index contributed by atoms with van der Waals surface area (Å²) in [5.41, 5.74) is 1.39. The lowest BCUT2D eigenvalue weighted by Crippen LogP contribution is -2.46. The van der Waals surface area contributed by atoms with Crippen LogP contribution in [0.4, 0.5) is 0 Å². The van der Waals surface area contributed by atoms with Crippen molar-refractivity contribution in [3.63, 3.8) is 0 Å². The average molecular weight is 312 g/mol. The molecule has 1 atom stereocenters. The summed E-state index contributed by atoms with van der Waals surface area (Å²) in [5, 5.41) is 20.2. The maximum Gasteiger partial charge on any atom is 0.167 e. The van der Waals surface area contributed by atoms with Crippen LogP contribution in [-0.4, -0.2) is 27.7 Å². The Kier molecular flexibility index (Phi) is 3.86. The van der Waals surface area contributed by atoms with Crippen molar-refractivity contribution in [2.75, 3.05) is 0 Å². The molecule has 1 aliphatic rings. The van der Waals surface area contributed by atoms with Crippen molar-refractivity contribution in [3.05, 3.63) is 59.2 Å². The molecule has 0 spiro atoms. The van der Waals surface area contributed by atoms with Gasteiger partial charge in [0, 0.05) is 30.0 Å². The fourth-order valence-electron chi connectivity index (χ4n) is 2.86. The van der Waals surface area contributed by atoms with Gasteiger partial charge in [0.1, 0.15) is 17.1 Å². The molecule has 1 heterocycles. The molecule has 0 aliphatic carbocycles. The highest BCUT2D eigenvalue weighted by molar-refractivity contribution is 5.97. The summed E-state index contributed by atoms with van der Waals surface area (Å²) in [7, 11) is 0. The van der Waals surface area contributed by atoms with Crippen molar-refractivity contribution >= 4 is 5.78 Å². The number of fused-ring (bicyclic) bond motifs is 1. The monoisotopic (exact) mass is 312 g/mol. The van der Waals surface area contributed by atoms with Crippen LogP contribution in [0.5, 0.6) is 11.5 Å². The van der Waals surface area contributed by atoms with Gasteiger partial charge in [-0.05, 0) is 25.5 Å². The Labute approximate surface area is 135 Å². The number of aromatic hydroxyl groups is 1. The van der Waals surface area contributed by atoms with Gasteiger partial charge in [-0.15, -0.1) is 0 Å². The highest BCUT2D eigenvalue weighted by atomic mass is 16.5. The number of ether oxygens (including phenoxy) is 1. The van der Waals surface area contributed by atoms with Gasteiger partial charge in [-0.3, -0.25) is 4.79 Å². The Morgan fingerprint density at radius 2 is 1.96 bits per heavy atom. The smallest absolute Gasteiger partial charge is 0.167 e. The Morgan fingerprint density at radius 3 is 2.65 bits per heavy atom. The van der Waals surface area contributed by atoms with Gasteiger partial charge in [-0.1, -0.05) is 30.3 Å². The molecule has 0 fully saturated rings. The van der Waals surface area contributed by atoms with Gasteiger partial charge < -0.3 is 14.9 Å². The van der Waals surface area contributed by atoms with Crippen LogP contribution in [0.2, 0.25) is 0 Å². The second-order valence-electron chi connectivity index (χ2n) is 6.47. The Morgan fingerprint density at radius 1 is 1.26 bits per heavy atom. The standard InChI is InChI=1S/C19H20O4/c1-19(2)18(22)11-15-13(8-14(20)10-17(15)23-19)9-16(21)12-6-4-3-5-7-12/h3-8,10,18,20,22H,9,11H2,1-2H3. The van der Waals surface area contributed by atoms with Crippen molar-refractivity contribution in [3.8, 4) is 11.5 Å². The van der Waals surface area contributed by atoms with Gasteiger partial charge in [-0.25, -0.2) is 0 Å². The number of hydrogen-bond acceptors (Lipinski definition) is 4. The highest BCUT2D eigenvalue weighted by Gasteiger charge is 2.37. The number of carbonyl (C=O) groups excluding carboxylic acids is 1. The van der Waals surface area contributed by atoms with E-state index in [2.05, 4.69) is 0 Å². The largest absolute Gasteiger partial charge is 0.508 e. The van der Waals surface area contributed by atoms with E-state index in [1.807, 2.05) is 18.2 Å². The first-order valence-corrected chi connectivity index (χ1v) is 7.67. The Hall–Kier alpha value is -2.33. The van der Waals surface area contributed by atoms with Crippen LogP contribution in [0.15, 0.2) is 42.5 Å². The zero-order valence-electron chi connectivity index (χ0n) is 13.2. The minimum absolute atomic E-state index is 0.0299. The lowest BCUT2D eigenvalue weighted by Gasteiger charge is -2.37. The number of hydrogen-bond donors (Lipinski definition) is 2. The molecule has 2 aromatic rings. The van der Waals surface area contributed by atoms with E-state index >= 15 is 0 Å². The third-order valence-corrected chi connectivity index (χ3v) is 4.31. The highest BCUT2D eigenvalue weighted by Crippen LogP contribution is 2.38. The van der Waals surface area contributed by atoms with E-state index in [4.69, 9.17) is 4.74 Å². The van der Waals surface area contributed by atoms with E-state index in [0.717, 1.165) is 5.56 Å². The van der Waals surface area contributed by atoms with Gasteiger partial charge >= 0.3 is 0 Å². The molecule has 0 saturated heterocycles. The first-order valence-electron chi connectivity index (χ1n) is 7.67. The molecule has 3 rings (SSSR count). The molecule has 0 saturated carbocycles. The normalized spacial score (nSPS) is 18.8. The molecule has 1 unspecified atom stereocenters. The lowest BCUT2D eigenvalue weighted by molar-refractivity contribution is -0.0414. The van der Waals surface area contributed by atoms with Crippen LogP contribution in [0, 0.1) is 0 Å². The lowest BCUT2D eigenvalue weighted by atomic mass is 9.87. The maximum absolute atomic E-state index is 12.4. The summed E-state index contributed by atoms with van der Waals surface area (Å²) < 4.78 is 5.82. The molecule has 4 nitrogen and oxygen atoms in total. The number of aliphatic hydroxyl groups excluding tert-OH is 1. The Bertz CT molecular complexity index is 735. The fraction of sp³-hybridized carbons (Fsp3) is 0.316. The van der Waals surface area contributed by atoms with Crippen LogP contribution >= 0.6 is 0 Å². The summed E-state index contributed by atoms with van der Waals surface area (Å²) in [4.78, 5) is 12.4. The van der Waals surface area contributed by atoms with Crippen molar-refractivity contribution in [1.82, 2.24) is 0 Å². The number of phenolic OH excluding ortho intramolecular Hbond substituents is 1. The predicted molar refractivity (Wildman–Crippen MR) is 87.0 cm³/mol. The van der Waals surface area contributed by atoms with Crippen molar-refractivity contribution < 1.29 is 19.7 Å². The molecule has 1 aliphatic heterocycles. The molecule has 0 aromatic heterocycles. The van der Waals surface area contributed by atoms with Gasteiger partial charge in [0.05, 0.1) is 6.10 Å². The molecular weight excluding hydrogens is 292 g/mol. The second-order valence-corrected chi connectivity index (χ2v) is 6.47. The third-order valence-electron chi connectivity index (χ3n) is 4.31. The van der Waals surface area contributed by atoms with Crippen LogP contribution in [0.3, 0.4) is 0 Å². The van der Waals surface area contributed by atoms with Crippen LogP contribution < -0.4 is 4.74 Å². The summed E-state index contributed by atoms with van der Waals surface area (Å²) in [6, 6.07) is 12.2. The number of rotatable bonds is 3. The zero-order valence-corrected chi connectivity index (χ0v) is 13.2. The predicted octanol–water partition coefficient (Wildman–Crippen LogP) is 2.89. The number of carbonyl (C=O) groups is 1. The van der Waals surface area contributed by atoms with Crippen LogP contribution in [0.25, 0.3) is 0 Å². The molecule has 0 bridgehead atoms. The molecule has 4 heteroatoms. The SMILES string of the molecule is CC1(C)Oc2cc(O)cc(CC(=O)c3ccccc3)c2CC1O. The molecule has 2 N–H and O–H groups in total. The van der Waals surface area contributed by atoms with E-state index in [1.54, 1.807) is 38.1 Å². The van der Waals surface area contributed by atoms with Crippen LogP contribution in [0.1, 0.15) is 35.3 Å². The number of aliphatic hydroxyl groups is 1. The van der Waals surface area contributed by atoms with E-state index in [-0.39, 0.29) is 18.0 Å². The summed E-state index contributed by atoms with van der Waals surface area (Å²) in [6.07, 6.45) is -0.0952. The zero-order chi connectivity index (χ0) is 16.6. The molecular formula is C19H20O4. The summed E-state index contributed by atoms with van der Waals surface area (Å²) in [5.74, 6) is 0.570. The summed E-state index contributed by atoms with van der Waals surface area (Å²) >= 11 is 0. The molecule has 120 valence electrons. The van der Waals surface area contributed by atoms with Crippen molar-refractivity contribution in [1.29, 1.82) is 0 Å². The fourth-order valence-corrected chi connectivity index (χ4v) is 2.86. The third kappa shape index (κ3) is 3.08. The minimum Gasteiger partial charge on any atom is -0.508 e. The molecule has 23 heavy (non-hydrogen) atoms. The van der Waals surface area contributed by atoms with Gasteiger partial charge in [0.2, 0.25) is 0 Å². The Balaban J connectivity index is 1.95. The topological polar surface area (TPSA) is 66.8 Å². The molecule has 2 aromatic carbocycles.